The molecule has 2 fully saturated rings. The van der Waals surface area contributed by atoms with Gasteiger partial charge in [-0.1, -0.05) is 24.0 Å². The van der Waals surface area contributed by atoms with E-state index in [0.717, 1.165) is 13.0 Å². The molecule has 2 aliphatic rings. The first-order valence-electron chi connectivity index (χ1n) is 14.2. The number of rotatable bonds is 8. The van der Waals surface area contributed by atoms with Crippen molar-refractivity contribution < 1.29 is 31.6 Å². The number of ether oxygens (including phenoxy) is 2. The van der Waals surface area contributed by atoms with E-state index in [2.05, 4.69) is 27.4 Å². The van der Waals surface area contributed by atoms with Crippen LogP contribution >= 0.6 is 18.5 Å². The summed E-state index contributed by atoms with van der Waals surface area (Å²) in [5, 5.41) is 7.60. The van der Waals surface area contributed by atoms with E-state index in [1.165, 1.54) is 18.4 Å². The van der Waals surface area contributed by atoms with E-state index < -0.39 is 32.0 Å². The Bertz CT molecular complexity index is 1560. The van der Waals surface area contributed by atoms with Crippen LogP contribution in [0.2, 0.25) is 0 Å². The summed E-state index contributed by atoms with van der Waals surface area (Å²) in [6, 6.07) is 10.2. The number of hydrogen-bond donors (Lipinski definition) is 2. The molecule has 2 saturated heterocycles. The van der Waals surface area contributed by atoms with Gasteiger partial charge >= 0.3 is 6.18 Å². The number of benzene rings is 2. The number of nitrogens with zero attached hydrogens (tertiary/aromatic N) is 1. The topological polar surface area (TPSA) is 62.8 Å². The Morgan fingerprint density at radius 3 is 2.67 bits per heavy atom. The highest BCUT2D eigenvalue weighted by molar-refractivity contribution is 7.70. The first kappa shape index (κ1) is 31.6. The van der Waals surface area contributed by atoms with Crippen molar-refractivity contribution >= 4 is 45.2 Å². The Kier molecular flexibility index (Phi) is 9.62. The molecule has 3 heterocycles. The predicted molar refractivity (Wildman–Crippen MR) is 167 cm³/mol. The number of hydrogen-bond acceptors (Lipinski definition) is 7. The van der Waals surface area contributed by atoms with Gasteiger partial charge in [-0.3, -0.25) is 4.90 Å². The third-order valence-corrected chi connectivity index (χ3v) is 10.6. The van der Waals surface area contributed by atoms with Gasteiger partial charge in [0.05, 0.1) is 53.7 Å². The van der Waals surface area contributed by atoms with Gasteiger partial charge in [-0.15, -0.1) is 11.3 Å². The van der Waals surface area contributed by atoms with Gasteiger partial charge in [0.25, 0.3) is 0 Å². The molecule has 0 spiro atoms. The number of piperidine rings is 1. The third kappa shape index (κ3) is 7.66. The summed E-state index contributed by atoms with van der Waals surface area (Å²) in [6.45, 7) is 5.88. The predicted octanol–water partition coefficient (Wildman–Crippen LogP) is 6.34. The zero-order valence-corrected chi connectivity index (χ0v) is 26.1. The molecule has 1 aromatic heterocycles. The molecule has 0 saturated carbocycles. The standard InChI is InChI=1S/C31H36F4N3O3PS/c1-40-28-16-21(42(2,3)39)9-10-26(28)36-13-5-8-29-23(17-31(33,34)35)22-6-4-7-27(30(22)43-29)37-25-11-14-38(18-24(25)32)20-12-15-41-19-20/h4,6-7,9-10,16,20,24-25,36-37H,11-15,17-19H2,1-3H3/t20?,24-,25+/m0/s1. The van der Waals surface area contributed by atoms with Crippen LogP contribution in [0.5, 0.6) is 5.75 Å². The molecule has 43 heavy (non-hydrogen) atoms. The molecular formula is C31H36F4N3O3PS. The quantitative estimate of drug-likeness (QED) is 0.171. The molecule has 6 nitrogen and oxygen atoms in total. The van der Waals surface area contributed by atoms with Crippen LogP contribution in [-0.4, -0.2) is 82.6 Å². The van der Waals surface area contributed by atoms with Crippen LogP contribution in [0.25, 0.3) is 10.1 Å². The van der Waals surface area contributed by atoms with Crippen molar-refractivity contribution in [2.24, 2.45) is 0 Å². The fourth-order valence-electron chi connectivity index (χ4n) is 5.62. The molecular weight excluding hydrogens is 601 g/mol. The lowest BCUT2D eigenvalue weighted by Crippen LogP contribution is -2.51. The molecule has 3 atom stereocenters. The first-order valence-corrected chi connectivity index (χ1v) is 17.6. The molecule has 2 aromatic carbocycles. The number of alkyl halides is 4. The number of fused-ring (bicyclic) bond motifs is 1. The van der Waals surface area contributed by atoms with E-state index in [1.807, 2.05) is 0 Å². The van der Waals surface area contributed by atoms with Crippen LogP contribution in [-0.2, 0) is 15.7 Å². The van der Waals surface area contributed by atoms with E-state index >= 15 is 4.39 Å². The minimum atomic E-state index is -4.42. The molecule has 5 rings (SSSR count). The van der Waals surface area contributed by atoms with Crippen molar-refractivity contribution in [3.05, 3.63) is 46.8 Å². The largest absolute Gasteiger partial charge is 0.495 e. The lowest BCUT2D eigenvalue weighted by atomic mass is 10.00. The second kappa shape index (κ2) is 13.1. The Balaban J connectivity index is 1.35. The van der Waals surface area contributed by atoms with Crippen LogP contribution in [0, 0.1) is 11.8 Å². The number of nitrogens with one attached hydrogen (secondary N) is 2. The van der Waals surface area contributed by atoms with E-state index in [1.54, 1.807) is 49.7 Å². The highest BCUT2D eigenvalue weighted by atomic mass is 32.1. The molecule has 0 aliphatic carbocycles. The Labute approximate surface area is 253 Å². The first-order chi connectivity index (χ1) is 20.4. The summed E-state index contributed by atoms with van der Waals surface area (Å²) < 4.78 is 80.2. The van der Waals surface area contributed by atoms with Crippen LogP contribution in [0.15, 0.2) is 36.4 Å². The number of likely N-dealkylation sites (tertiary alicyclic amines) is 1. The number of halogens is 4. The minimum Gasteiger partial charge on any atom is -0.495 e. The maximum absolute atomic E-state index is 15.3. The Morgan fingerprint density at radius 2 is 2.00 bits per heavy atom. The van der Waals surface area contributed by atoms with Crippen molar-refractivity contribution in [1.29, 1.82) is 0 Å². The lowest BCUT2D eigenvalue weighted by Gasteiger charge is -2.38. The molecule has 0 bridgehead atoms. The van der Waals surface area contributed by atoms with Crippen LogP contribution in [0.4, 0.5) is 28.9 Å². The van der Waals surface area contributed by atoms with Crippen molar-refractivity contribution in [1.82, 2.24) is 4.90 Å². The number of thiophene rings is 1. The summed E-state index contributed by atoms with van der Waals surface area (Å²) in [5.74, 6) is 6.40. The van der Waals surface area contributed by atoms with E-state index in [-0.39, 0.29) is 18.2 Å². The molecule has 2 aliphatic heterocycles. The molecule has 0 amide bonds. The van der Waals surface area contributed by atoms with Crippen molar-refractivity contribution in [3.63, 3.8) is 0 Å². The number of anilines is 2. The fraction of sp³-hybridized carbons (Fsp3) is 0.484. The minimum absolute atomic E-state index is 0.125. The fourth-order valence-corrected chi connectivity index (χ4v) is 7.65. The van der Waals surface area contributed by atoms with Gasteiger partial charge in [-0.25, -0.2) is 4.39 Å². The second-order valence-electron chi connectivity index (χ2n) is 11.3. The van der Waals surface area contributed by atoms with Crippen LogP contribution in [0.1, 0.15) is 23.3 Å². The molecule has 2 N–H and O–H groups in total. The van der Waals surface area contributed by atoms with Gasteiger partial charge in [0.2, 0.25) is 0 Å². The van der Waals surface area contributed by atoms with Gasteiger partial charge < -0.3 is 24.7 Å². The highest BCUT2D eigenvalue weighted by Gasteiger charge is 2.35. The lowest BCUT2D eigenvalue weighted by molar-refractivity contribution is -0.126. The third-order valence-electron chi connectivity index (χ3n) is 7.91. The maximum Gasteiger partial charge on any atom is 0.393 e. The van der Waals surface area contributed by atoms with Gasteiger partial charge in [0.1, 0.15) is 19.1 Å². The summed E-state index contributed by atoms with van der Waals surface area (Å²) in [4.78, 5) is 2.47. The average molecular weight is 638 g/mol. The SMILES string of the molecule is COc1cc(P(C)(C)=O)ccc1NCC#Cc1sc2c(N[C@@H]3CCN(C4CCOC4)C[C@@H]3F)cccc2c1CC(F)(F)F. The van der Waals surface area contributed by atoms with Crippen molar-refractivity contribution in [2.75, 3.05) is 63.9 Å². The number of methoxy groups -OCH3 is 1. The van der Waals surface area contributed by atoms with Crippen LogP contribution < -0.4 is 20.7 Å². The van der Waals surface area contributed by atoms with E-state index in [0.29, 0.717) is 63.6 Å². The van der Waals surface area contributed by atoms with Gasteiger partial charge in [-0.05, 0) is 61.4 Å². The summed E-state index contributed by atoms with van der Waals surface area (Å²) >= 11 is 1.19. The highest BCUT2D eigenvalue weighted by Crippen LogP contribution is 2.40. The van der Waals surface area contributed by atoms with Gasteiger partial charge in [0, 0.05) is 31.0 Å². The van der Waals surface area contributed by atoms with Gasteiger partial charge in [-0.2, -0.15) is 13.2 Å². The Morgan fingerprint density at radius 1 is 1.19 bits per heavy atom. The zero-order chi connectivity index (χ0) is 30.8. The summed E-state index contributed by atoms with van der Waals surface area (Å²) in [5.41, 5.74) is 1.39. The molecule has 0 radical (unpaired) electrons. The Hall–Kier alpha value is -2.77. The van der Waals surface area contributed by atoms with Crippen molar-refractivity contribution in [2.45, 2.75) is 43.7 Å². The maximum atomic E-state index is 15.3. The van der Waals surface area contributed by atoms with Crippen molar-refractivity contribution in [3.8, 4) is 17.6 Å². The van der Waals surface area contributed by atoms with E-state index in [4.69, 9.17) is 9.47 Å². The smallest absolute Gasteiger partial charge is 0.393 e. The van der Waals surface area contributed by atoms with E-state index in [9.17, 15) is 17.7 Å². The molecule has 232 valence electrons. The monoisotopic (exact) mass is 637 g/mol. The second-order valence-corrected chi connectivity index (χ2v) is 15.6. The average Bonchev–Trinajstić information content (AvgIpc) is 3.60. The summed E-state index contributed by atoms with van der Waals surface area (Å²) in [7, 11) is -0.962. The molecule has 12 heteroatoms. The molecule has 1 unspecified atom stereocenters. The summed E-state index contributed by atoms with van der Waals surface area (Å²) in [6.07, 6.45) is -5.14. The van der Waals surface area contributed by atoms with Gasteiger partial charge in [0.15, 0.2) is 0 Å². The normalized spacial score (nSPS) is 21.4. The molecule has 3 aromatic rings. The zero-order valence-electron chi connectivity index (χ0n) is 24.4. The van der Waals surface area contributed by atoms with Crippen LogP contribution in [0.3, 0.4) is 0 Å².